The molecule has 0 aliphatic carbocycles. The minimum atomic E-state index is -0.732. The van der Waals surface area contributed by atoms with E-state index in [0.717, 1.165) is 12.1 Å². The molecule has 1 aliphatic rings. The highest BCUT2D eigenvalue weighted by atomic mass is 35.5. The Morgan fingerprint density at radius 2 is 1.89 bits per heavy atom. The molecule has 1 aliphatic heterocycles. The molecule has 6 heteroatoms. The molecular formula is C12H14ClF2NO2. The molecule has 1 aromatic rings. The zero-order chi connectivity index (χ0) is 13.3. The van der Waals surface area contributed by atoms with E-state index < -0.39 is 17.4 Å². The number of halogens is 3. The van der Waals surface area contributed by atoms with Crippen molar-refractivity contribution >= 4 is 17.3 Å². The summed E-state index contributed by atoms with van der Waals surface area (Å²) >= 11 is 5.79. The molecule has 0 aromatic heterocycles. The second kappa shape index (κ2) is 4.99. The fraction of sp³-hybridized carbons (Fsp3) is 0.500. The normalized spacial score (nSPS) is 19.8. The Hall–Kier alpha value is -0.910. The maximum absolute atomic E-state index is 13.5. The first-order chi connectivity index (χ1) is 8.37. The van der Waals surface area contributed by atoms with Gasteiger partial charge in [-0.1, -0.05) is 11.6 Å². The fourth-order valence-corrected chi connectivity index (χ4v) is 1.91. The van der Waals surface area contributed by atoms with Gasteiger partial charge < -0.3 is 14.8 Å². The van der Waals surface area contributed by atoms with E-state index in [-0.39, 0.29) is 16.8 Å². The van der Waals surface area contributed by atoms with E-state index in [0.29, 0.717) is 13.2 Å². The first-order valence-electron chi connectivity index (χ1n) is 5.56. The number of hydrogen-bond donors (Lipinski definition) is 1. The van der Waals surface area contributed by atoms with Gasteiger partial charge in [0.25, 0.3) is 0 Å². The lowest BCUT2D eigenvalue weighted by molar-refractivity contribution is -0.247. The first-order valence-corrected chi connectivity index (χ1v) is 5.94. The van der Waals surface area contributed by atoms with Crippen molar-refractivity contribution in [2.45, 2.75) is 25.7 Å². The predicted octanol–water partition coefficient (Wildman–Crippen LogP) is 3.18. The van der Waals surface area contributed by atoms with Gasteiger partial charge in [0.15, 0.2) is 11.6 Å². The van der Waals surface area contributed by atoms with Gasteiger partial charge in [0.1, 0.15) is 5.82 Å². The van der Waals surface area contributed by atoms with Crippen LogP contribution in [0.1, 0.15) is 13.8 Å². The molecule has 18 heavy (non-hydrogen) atoms. The summed E-state index contributed by atoms with van der Waals surface area (Å²) in [5.41, 5.74) is 0.0648. The molecular weight excluding hydrogens is 264 g/mol. The van der Waals surface area contributed by atoms with Gasteiger partial charge in [-0.15, -0.1) is 0 Å². The molecule has 0 spiro atoms. The summed E-state index contributed by atoms with van der Waals surface area (Å²) < 4.78 is 37.3. The lowest BCUT2D eigenvalue weighted by Gasteiger charge is -2.35. The van der Waals surface area contributed by atoms with E-state index in [1.807, 2.05) is 0 Å². The molecule has 0 amide bonds. The summed E-state index contributed by atoms with van der Waals surface area (Å²) in [6, 6.07) is 1.61. The summed E-state index contributed by atoms with van der Waals surface area (Å²) in [5, 5.41) is 2.86. The van der Waals surface area contributed by atoms with E-state index in [4.69, 9.17) is 21.1 Å². The number of nitrogens with one attached hydrogen (secondary N) is 1. The van der Waals surface area contributed by atoms with Crippen molar-refractivity contribution in [1.29, 1.82) is 0 Å². The Kier molecular flexibility index (Phi) is 3.75. The summed E-state index contributed by atoms with van der Waals surface area (Å²) in [6.07, 6.45) is 0. The second-order valence-electron chi connectivity index (χ2n) is 4.61. The first kappa shape index (κ1) is 13.5. The molecule has 100 valence electrons. The molecule has 0 atom stereocenters. The minimum Gasteiger partial charge on any atom is -0.374 e. The quantitative estimate of drug-likeness (QED) is 0.901. The molecule has 1 heterocycles. The third kappa shape index (κ3) is 3.10. The van der Waals surface area contributed by atoms with Crippen LogP contribution in [-0.2, 0) is 9.47 Å². The summed E-state index contributed by atoms with van der Waals surface area (Å²) in [6.45, 7) is 4.32. The molecule has 0 radical (unpaired) electrons. The van der Waals surface area contributed by atoms with Crippen molar-refractivity contribution < 1.29 is 18.3 Å². The molecule has 0 bridgehead atoms. The van der Waals surface area contributed by atoms with Gasteiger partial charge in [-0.05, 0) is 19.9 Å². The number of benzene rings is 1. The van der Waals surface area contributed by atoms with Crippen LogP contribution in [0.15, 0.2) is 12.1 Å². The van der Waals surface area contributed by atoms with Crippen LogP contribution in [-0.4, -0.2) is 25.0 Å². The van der Waals surface area contributed by atoms with E-state index in [1.165, 1.54) is 0 Å². The van der Waals surface area contributed by atoms with Gasteiger partial charge in [0.05, 0.1) is 30.0 Å². The predicted molar refractivity (Wildman–Crippen MR) is 64.8 cm³/mol. The van der Waals surface area contributed by atoms with Gasteiger partial charge in [-0.2, -0.15) is 0 Å². The standard InChI is InChI=1S/C12H14ClF2NO2/c1-12(2)17-5-8(6-18-12)16-11-9(13)3-7(14)4-10(11)15/h3-4,8,16H,5-6H2,1-2H3. The van der Waals surface area contributed by atoms with Gasteiger partial charge in [-0.3, -0.25) is 0 Å². The van der Waals surface area contributed by atoms with E-state index >= 15 is 0 Å². The average molecular weight is 278 g/mol. The van der Waals surface area contributed by atoms with Crippen LogP contribution >= 0.6 is 11.6 Å². The smallest absolute Gasteiger partial charge is 0.162 e. The van der Waals surface area contributed by atoms with Gasteiger partial charge in [0.2, 0.25) is 0 Å². The van der Waals surface area contributed by atoms with Crippen LogP contribution in [0.3, 0.4) is 0 Å². The van der Waals surface area contributed by atoms with Crippen molar-refractivity contribution in [3.05, 3.63) is 28.8 Å². The number of hydrogen-bond acceptors (Lipinski definition) is 3. The fourth-order valence-electron chi connectivity index (χ4n) is 1.66. The van der Waals surface area contributed by atoms with Gasteiger partial charge >= 0.3 is 0 Å². The molecule has 3 nitrogen and oxygen atoms in total. The Labute approximate surface area is 109 Å². The third-order valence-corrected chi connectivity index (χ3v) is 2.92. The van der Waals surface area contributed by atoms with Crippen molar-refractivity contribution in [3.8, 4) is 0 Å². The molecule has 0 unspecified atom stereocenters. The topological polar surface area (TPSA) is 30.5 Å². The average Bonchev–Trinajstić information content (AvgIpc) is 2.25. The maximum atomic E-state index is 13.5. The molecule has 0 saturated carbocycles. The van der Waals surface area contributed by atoms with E-state index in [9.17, 15) is 8.78 Å². The van der Waals surface area contributed by atoms with Crippen LogP contribution in [0.25, 0.3) is 0 Å². The lowest BCUT2D eigenvalue weighted by Crippen LogP contribution is -2.45. The SMILES string of the molecule is CC1(C)OCC(Nc2c(F)cc(F)cc2Cl)CO1. The number of anilines is 1. The molecule has 2 rings (SSSR count). The molecule has 1 aromatic carbocycles. The number of rotatable bonds is 2. The second-order valence-corrected chi connectivity index (χ2v) is 5.01. The number of ether oxygens (including phenoxy) is 2. The lowest BCUT2D eigenvalue weighted by atomic mass is 10.2. The summed E-state index contributed by atoms with van der Waals surface area (Å²) in [7, 11) is 0. The third-order valence-electron chi connectivity index (χ3n) is 2.62. The molecule has 1 saturated heterocycles. The maximum Gasteiger partial charge on any atom is 0.162 e. The largest absolute Gasteiger partial charge is 0.374 e. The Bertz CT molecular complexity index is 421. The van der Waals surface area contributed by atoms with Gasteiger partial charge in [-0.25, -0.2) is 8.78 Å². The Morgan fingerprint density at radius 3 is 2.44 bits per heavy atom. The highest BCUT2D eigenvalue weighted by Gasteiger charge is 2.29. The minimum absolute atomic E-state index is 0.00247. The van der Waals surface area contributed by atoms with Gasteiger partial charge in [0, 0.05) is 6.07 Å². The summed E-state index contributed by atoms with van der Waals surface area (Å²) in [4.78, 5) is 0. The van der Waals surface area contributed by atoms with Crippen LogP contribution in [0.2, 0.25) is 5.02 Å². The van der Waals surface area contributed by atoms with Crippen molar-refractivity contribution in [2.24, 2.45) is 0 Å². The molecule has 1 fully saturated rings. The van der Waals surface area contributed by atoms with Crippen LogP contribution in [0.5, 0.6) is 0 Å². The zero-order valence-corrected chi connectivity index (χ0v) is 10.9. The summed E-state index contributed by atoms with van der Waals surface area (Å²) in [5.74, 6) is -2.08. The highest BCUT2D eigenvalue weighted by molar-refractivity contribution is 6.33. The molecule has 1 N–H and O–H groups in total. The van der Waals surface area contributed by atoms with Crippen molar-refractivity contribution in [1.82, 2.24) is 0 Å². The monoisotopic (exact) mass is 277 g/mol. The van der Waals surface area contributed by atoms with Crippen LogP contribution in [0, 0.1) is 11.6 Å². The van der Waals surface area contributed by atoms with E-state index in [2.05, 4.69) is 5.32 Å². The van der Waals surface area contributed by atoms with Crippen LogP contribution in [0.4, 0.5) is 14.5 Å². The van der Waals surface area contributed by atoms with Crippen molar-refractivity contribution in [2.75, 3.05) is 18.5 Å². The van der Waals surface area contributed by atoms with Crippen molar-refractivity contribution in [3.63, 3.8) is 0 Å². The Balaban J connectivity index is 2.07. The Morgan fingerprint density at radius 1 is 1.28 bits per heavy atom. The highest BCUT2D eigenvalue weighted by Crippen LogP contribution is 2.28. The van der Waals surface area contributed by atoms with E-state index in [1.54, 1.807) is 13.8 Å². The zero-order valence-electron chi connectivity index (χ0n) is 10.1. The van der Waals surface area contributed by atoms with Crippen LogP contribution < -0.4 is 5.32 Å².